The first-order valence-electron chi connectivity index (χ1n) is 4.42. The van der Waals surface area contributed by atoms with Crippen molar-refractivity contribution in [1.82, 2.24) is 0 Å². The van der Waals surface area contributed by atoms with E-state index in [4.69, 9.17) is 0 Å². The molecule has 0 amide bonds. The summed E-state index contributed by atoms with van der Waals surface area (Å²) in [5.41, 5.74) is 0. The van der Waals surface area contributed by atoms with Crippen molar-refractivity contribution in [3.8, 4) is 0 Å². The summed E-state index contributed by atoms with van der Waals surface area (Å²) in [5.74, 6) is -1.54. The summed E-state index contributed by atoms with van der Waals surface area (Å²) in [6.45, 7) is 3.51. The topological polar surface area (TPSA) is 40.5 Å². The van der Waals surface area contributed by atoms with E-state index in [1.807, 2.05) is 0 Å². The molecule has 0 aromatic carbocycles. The van der Waals surface area contributed by atoms with E-state index in [2.05, 4.69) is 28.1 Å². The third kappa shape index (κ3) is 7.26. The fourth-order valence-corrected chi connectivity index (χ4v) is 1.41. The number of rotatable bonds is 4. The number of aliphatic hydroxyl groups is 2. The van der Waals surface area contributed by atoms with Crippen LogP contribution in [0.15, 0.2) is 0 Å². The molecular weight excluding hydrogens is 190 g/mol. The lowest BCUT2D eigenvalue weighted by atomic mass is 10.0. The Morgan fingerprint density at radius 1 is 1.23 bits per heavy atom. The first-order chi connectivity index (χ1) is 5.17. The zero-order chi connectivity index (χ0) is 9.99. The van der Waals surface area contributed by atoms with E-state index in [1.165, 1.54) is 6.92 Å². The monoisotopic (exact) mass is 211 g/mol. The van der Waals surface area contributed by atoms with Crippen LogP contribution in [-0.4, -0.2) is 47.7 Å². The SMILES string of the molecule is CCC(CC(C)(O)O)[N+](C)(C)C.[Cl-]. The van der Waals surface area contributed by atoms with Crippen LogP contribution in [0.2, 0.25) is 0 Å². The van der Waals surface area contributed by atoms with Crippen LogP contribution in [0, 0.1) is 0 Å². The molecule has 0 spiro atoms. The van der Waals surface area contributed by atoms with Gasteiger partial charge < -0.3 is 27.1 Å². The molecule has 13 heavy (non-hydrogen) atoms. The van der Waals surface area contributed by atoms with Crippen LogP contribution in [0.1, 0.15) is 26.7 Å². The maximum absolute atomic E-state index is 9.23. The maximum Gasteiger partial charge on any atom is 0.165 e. The van der Waals surface area contributed by atoms with Gasteiger partial charge in [0.2, 0.25) is 0 Å². The van der Waals surface area contributed by atoms with Crippen molar-refractivity contribution in [3.63, 3.8) is 0 Å². The summed E-state index contributed by atoms with van der Waals surface area (Å²) < 4.78 is 0.771. The van der Waals surface area contributed by atoms with Gasteiger partial charge in [-0.05, 0) is 13.3 Å². The molecule has 0 radical (unpaired) electrons. The first-order valence-corrected chi connectivity index (χ1v) is 4.42. The van der Waals surface area contributed by atoms with E-state index >= 15 is 0 Å². The van der Waals surface area contributed by atoms with Crippen molar-refractivity contribution in [2.45, 2.75) is 38.5 Å². The van der Waals surface area contributed by atoms with Gasteiger partial charge in [0, 0.05) is 0 Å². The van der Waals surface area contributed by atoms with Gasteiger partial charge in [-0.3, -0.25) is 0 Å². The predicted octanol–water partition coefficient (Wildman–Crippen LogP) is -2.43. The highest BCUT2D eigenvalue weighted by molar-refractivity contribution is 4.65. The van der Waals surface area contributed by atoms with Gasteiger partial charge in [0.05, 0.1) is 33.6 Å². The van der Waals surface area contributed by atoms with Crippen LogP contribution in [-0.2, 0) is 0 Å². The quantitative estimate of drug-likeness (QED) is 0.401. The predicted molar refractivity (Wildman–Crippen MR) is 49.6 cm³/mol. The molecule has 0 aliphatic heterocycles. The summed E-state index contributed by atoms with van der Waals surface area (Å²) >= 11 is 0. The smallest absolute Gasteiger partial charge is 0.165 e. The summed E-state index contributed by atoms with van der Waals surface area (Å²) in [5, 5.41) is 18.5. The second kappa shape index (κ2) is 5.15. The minimum Gasteiger partial charge on any atom is -1.00 e. The Kier molecular flexibility index (Phi) is 6.19. The normalized spacial score (nSPS) is 15.0. The molecule has 0 rings (SSSR count). The third-order valence-electron chi connectivity index (χ3n) is 2.19. The number of quaternary nitrogens is 1. The molecule has 82 valence electrons. The van der Waals surface area contributed by atoms with Crippen molar-refractivity contribution < 1.29 is 27.1 Å². The zero-order valence-corrected chi connectivity index (χ0v) is 9.97. The van der Waals surface area contributed by atoms with Crippen LogP contribution in [0.4, 0.5) is 0 Å². The van der Waals surface area contributed by atoms with Gasteiger partial charge in [-0.25, -0.2) is 0 Å². The molecule has 0 saturated carbocycles. The standard InChI is InChI=1S/C9H22NO2.ClH/c1-6-8(10(3,4)5)7-9(2,11)12;/h8,11-12H,6-7H2,1-5H3;1H/q+1;/p-1. The van der Waals surface area contributed by atoms with Crippen LogP contribution in [0.25, 0.3) is 0 Å². The lowest BCUT2D eigenvalue weighted by molar-refractivity contribution is -0.897. The van der Waals surface area contributed by atoms with E-state index in [0.717, 1.165) is 10.9 Å². The molecule has 0 aliphatic carbocycles. The van der Waals surface area contributed by atoms with Gasteiger partial charge in [0.25, 0.3) is 0 Å². The third-order valence-corrected chi connectivity index (χ3v) is 2.19. The molecule has 0 aliphatic rings. The van der Waals surface area contributed by atoms with E-state index in [1.54, 1.807) is 0 Å². The molecule has 1 unspecified atom stereocenters. The Morgan fingerprint density at radius 2 is 1.62 bits per heavy atom. The first kappa shape index (κ1) is 15.6. The van der Waals surface area contributed by atoms with Crippen molar-refractivity contribution in [3.05, 3.63) is 0 Å². The molecule has 0 bridgehead atoms. The molecule has 0 aromatic heterocycles. The van der Waals surface area contributed by atoms with Crippen LogP contribution >= 0.6 is 0 Å². The zero-order valence-electron chi connectivity index (χ0n) is 9.21. The second-order valence-corrected chi connectivity index (χ2v) is 4.60. The minimum absolute atomic E-state index is 0. The molecule has 1 atom stereocenters. The van der Waals surface area contributed by atoms with Crippen LogP contribution < -0.4 is 12.4 Å². The molecule has 0 fully saturated rings. The lowest BCUT2D eigenvalue weighted by Crippen LogP contribution is -3.00. The van der Waals surface area contributed by atoms with Gasteiger partial charge in [-0.2, -0.15) is 0 Å². The van der Waals surface area contributed by atoms with E-state index < -0.39 is 5.79 Å². The maximum atomic E-state index is 9.23. The average Bonchev–Trinajstić information content (AvgIpc) is 1.78. The Bertz CT molecular complexity index is 138. The Morgan fingerprint density at radius 3 is 1.69 bits per heavy atom. The van der Waals surface area contributed by atoms with Gasteiger partial charge in [0.1, 0.15) is 0 Å². The molecule has 2 N–H and O–H groups in total. The molecule has 0 saturated heterocycles. The van der Waals surface area contributed by atoms with Crippen molar-refractivity contribution in [2.75, 3.05) is 21.1 Å². The van der Waals surface area contributed by atoms with Gasteiger partial charge in [0.15, 0.2) is 5.79 Å². The molecule has 0 heterocycles. The van der Waals surface area contributed by atoms with Crippen LogP contribution in [0.3, 0.4) is 0 Å². The number of hydrogen-bond acceptors (Lipinski definition) is 2. The average molecular weight is 212 g/mol. The lowest BCUT2D eigenvalue weighted by Gasteiger charge is -2.36. The number of hydrogen-bond donors (Lipinski definition) is 2. The number of halogens is 1. The van der Waals surface area contributed by atoms with Gasteiger partial charge in [-0.1, -0.05) is 6.92 Å². The molecule has 0 aromatic rings. The molecular formula is C9H22ClNO2. The van der Waals surface area contributed by atoms with Crippen molar-refractivity contribution >= 4 is 0 Å². The van der Waals surface area contributed by atoms with Crippen molar-refractivity contribution in [1.29, 1.82) is 0 Å². The molecule has 3 nitrogen and oxygen atoms in total. The Hall–Kier alpha value is 0.170. The Balaban J connectivity index is 0. The minimum atomic E-state index is -1.54. The highest BCUT2D eigenvalue weighted by Crippen LogP contribution is 2.18. The van der Waals surface area contributed by atoms with E-state index in [0.29, 0.717) is 12.5 Å². The van der Waals surface area contributed by atoms with E-state index in [-0.39, 0.29) is 12.4 Å². The van der Waals surface area contributed by atoms with Crippen LogP contribution in [0.5, 0.6) is 0 Å². The largest absolute Gasteiger partial charge is 1.00 e. The second-order valence-electron chi connectivity index (χ2n) is 4.60. The van der Waals surface area contributed by atoms with Gasteiger partial charge >= 0.3 is 0 Å². The highest BCUT2D eigenvalue weighted by Gasteiger charge is 2.29. The summed E-state index contributed by atoms with van der Waals surface area (Å²) in [6, 6.07) is 0.296. The summed E-state index contributed by atoms with van der Waals surface area (Å²) in [4.78, 5) is 0. The summed E-state index contributed by atoms with van der Waals surface area (Å²) in [7, 11) is 6.21. The fourth-order valence-electron chi connectivity index (χ4n) is 1.41. The highest BCUT2D eigenvalue weighted by atomic mass is 35.5. The summed E-state index contributed by atoms with van der Waals surface area (Å²) in [6.07, 6.45) is 1.38. The van der Waals surface area contributed by atoms with E-state index in [9.17, 15) is 10.2 Å². The number of nitrogens with zero attached hydrogens (tertiary/aromatic N) is 1. The molecule has 4 heteroatoms. The fraction of sp³-hybridized carbons (Fsp3) is 1.00. The van der Waals surface area contributed by atoms with Crippen molar-refractivity contribution in [2.24, 2.45) is 0 Å². The Labute approximate surface area is 87.4 Å². The van der Waals surface area contributed by atoms with Gasteiger partial charge in [-0.15, -0.1) is 0 Å².